The first kappa shape index (κ1) is 28.7. The summed E-state index contributed by atoms with van der Waals surface area (Å²) in [6.45, 7) is 1.79. The van der Waals surface area contributed by atoms with Crippen molar-refractivity contribution in [2.75, 3.05) is 13.2 Å². The van der Waals surface area contributed by atoms with Gasteiger partial charge in [-0.3, -0.25) is 0 Å². The number of hydrogen-bond acceptors (Lipinski definition) is 11. The molecule has 0 aromatic heterocycles. The number of carbonyl (C=O) groups excluding carboxylic acids is 2. The molecule has 0 aromatic carbocycles. The highest BCUT2D eigenvalue weighted by molar-refractivity contribution is 5.85. The lowest BCUT2D eigenvalue weighted by atomic mass is 9.41. The SMILES string of the molecule is C[C@]12CC[C@H]3[C@@H](CC[C@]4(O)C[C@@H](O[C@H]5O[C@@H](CO)[C@@H](O)[C@H](O)[C@@H]5O)CC[C@]34C=O)[C@@]1(O)CC[C@@H]2C1=CC(=O)OC1. The number of cyclic esters (lactones) is 1. The van der Waals surface area contributed by atoms with Gasteiger partial charge in [0.05, 0.1) is 29.3 Å². The van der Waals surface area contributed by atoms with Crippen LogP contribution >= 0.6 is 0 Å². The van der Waals surface area contributed by atoms with Crippen molar-refractivity contribution in [3.63, 3.8) is 0 Å². The van der Waals surface area contributed by atoms with Gasteiger partial charge in [-0.15, -0.1) is 0 Å². The lowest BCUT2D eigenvalue weighted by Gasteiger charge is -2.65. The Balaban J connectivity index is 1.22. The fourth-order valence-electron chi connectivity index (χ4n) is 9.80. The molecule has 6 rings (SSSR count). The number of aldehydes is 1. The third-order valence-corrected chi connectivity index (χ3v) is 12.0. The average molecular weight is 567 g/mol. The zero-order chi connectivity index (χ0) is 28.7. The molecule has 0 amide bonds. The molecular weight excluding hydrogens is 524 g/mol. The fourth-order valence-corrected chi connectivity index (χ4v) is 9.80. The second kappa shape index (κ2) is 9.80. The summed E-state index contributed by atoms with van der Waals surface area (Å²) >= 11 is 0. The fraction of sp³-hybridized carbons (Fsp3) is 0.862. The second-order valence-corrected chi connectivity index (χ2v) is 13.4. The molecule has 0 bridgehead atoms. The van der Waals surface area contributed by atoms with E-state index in [1.165, 1.54) is 0 Å². The van der Waals surface area contributed by atoms with Crippen molar-refractivity contribution >= 4 is 12.3 Å². The van der Waals surface area contributed by atoms with Crippen LogP contribution in [-0.4, -0.2) is 104 Å². The van der Waals surface area contributed by atoms with Gasteiger partial charge in [-0.05, 0) is 74.7 Å². The van der Waals surface area contributed by atoms with Crippen LogP contribution in [0.4, 0.5) is 0 Å². The summed E-state index contributed by atoms with van der Waals surface area (Å²) in [6, 6.07) is 0. The van der Waals surface area contributed by atoms with E-state index in [0.29, 0.717) is 44.9 Å². The number of hydrogen-bond donors (Lipinski definition) is 6. The van der Waals surface area contributed by atoms with Gasteiger partial charge in [-0.25, -0.2) is 4.79 Å². The summed E-state index contributed by atoms with van der Waals surface area (Å²) in [6.07, 6.45) is -0.809. The van der Waals surface area contributed by atoms with E-state index in [-0.39, 0.29) is 36.8 Å². The summed E-state index contributed by atoms with van der Waals surface area (Å²) in [7, 11) is 0. The highest BCUT2D eigenvalue weighted by Gasteiger charge is 2.71. The number of rotatable bonds is 5. The number of aliphatic hydroxyl groups is 6. The molecule has 4 aliphatic carbocycles. The summed E-state index contributed by atoms with van der Waals surface area (Å²) in [5.74, 6) is -0.707. The van der Waals surface area contributed by atoms with Gasteiger partial charge in [0, 0.05) is 17.9 Å². The maximum absolute atomic E-state index is 13.0. The number of carbonyl (C=O) groups is 2. The average Bonchev–Trinajstić information content (AvgIpc) is 3.48. The van der Waals surface area contributed by atoms with Crippen molar-refractivity contribution in [3.05, 3.63) is 11.6 Å². The van der Waals surface area contributed by atoms with E-state index in [2.05, 4.69) is 6.92 Å². The predicted octanol–water partition coefficient (Wildman–Crippen LogP) is -0.278. The Morgan fingerprint density at radius 3 is 2.42 bits per heavy atom. The minimum absolute atomic E-state index is 0.0283. The van der Waals surface area contributed by atoms with E-state index in [1.807, 2.05) is 0 Å². The van der Waals surface area contributed by atoms with Crippen molar-refractivity contribution in [2.45, 2.75) is 113 Å². The van der Waals surface area contributed by atoms with Crippen LogP contribution in [-0.2, 0) is 23.8 Å². The van der Waals surface area contributed by atoms with E-state index in [9.17, 15) is 40.2 Å². The van der Waals surface area contributed by atoms with Crippen LogP contribution in [0, 0.1) is 28.6 Å². The molecule has 1 saturated heterocycles. The standard InChI is InChI=1S/C29H42O11/c1-26-6-3-18-19(29(26,37)9-5-17(26)15-10-21(32)38-13-15)4-8-28(36)11-16(2-7-27(18,28)14-31)39-25-24(35)23(34)22(33)20(12-30)40-25/h10,14,16-20,22-25,30,33-37H,2-9,11-13H2,1H3/t16-,17+,18-,19+,20-,22+,23-,24-,25-,26+,27-,28-,29-/m0/s1. The molecule has 40 heavy (non-hydrogen) atoms. The van der Waals surface area contributed by atoms with Crippen molar-refractivity contribution in [1.29, 1.82) is 0 Å². The molecular formula is C29H42O11. The maximum Gasteiger partial charge on any atom is 0.331 e. The highest BCUT2D eigenvalue weighted by Crippen LogP contribution is 2.70. The summed E-state index contributed by atoms with van der Waals surface area (Å²) in [5.41, 5.74) is -3.01. The number of fused-ring (bicyclic) bond motifs is 5. The van der Waals surface area contributed by atoms with Crippen LogP contribution in [0.3, 0.4) is 0 Å². The van der Waals surface area contributed by atoms with Gasteiger partial charge >= 0.3 is 5.97 Å². The van der Waals surface area contributed by atoms with Gasteiger partial charge in [0.25, 0.3) is 0 Å². The van der Waals surface area contributed by atoms with Crippen LogP contribution in [0.25, 0.3) is 0 Å². The Hall–Kier alpha value is -1.44. The largest absolute Gasteiger partial charge is 0.458 e. The van der Waals surface area contributed by atoms with Crippen LogP contribution in [0.5, 0.6) is 0 Å². The molecule has 11 nitrogen and oxygen atoms in total. The van der Waals surface area contributed by atoms with Crippen molar-refractivity contribution in [3.8, 4) is 0 Å². The number of aliphatic hydroxyl groups excluding tert-OH is 4. The zero-order valence-electron chi connectivity index (χ0n) is 22.9. The van der Waals surface area contributed by atoms with Crippen molar-refractivity contribution < 1.29 is 54.4 Å². The molecule has 224 valence electrons. The van der Waals surface area contributed by atoms with E-state index in [4.69, 9.17) is 14.2 Å². The third-order valence-electron chi connectivity index (χ3n) is 12.0. The quantitative estimate of drug-likeness (QED) is 0.146. The molecule has 6 N–H and O–H groups in total. The molecule has 13 atom stereocenters. The lowest BCUT2D eigenvalue weighted by Crippen LogP contribution is -2.69. The Morgan fingerprint density at radius 2 is 1.75 bits per heavy atom. The smallest absolute Gasteiger partial charge is 0.331 e. The molecule has 2 heterocycles. The van der Waals surface area contributed by atoms with Crippen LogP contribution in [0.15, 0.2) is 11.6 Å². The number of ether oxygens (including phenoxy) is 3. The zero-order valence-corrected chi connectivity index (χ0v) is 22.9. The molecule has 0 unspecified atom stereocenters. The first-order valence-corrected chi connectivity index (χ1v) is 14.7. The highest BCUT2D eigenvalue weighted by atomic mass is 16.7. The van der Waals surface area contributed by atoms with Gasteiger partial charge in [0.2, 0.25) is 0 Å². The second-order valence-electron chi connectivity index (χ2n) is 13.4. The van der Waals surface area contributed by atoms with Crippen LogP contribution in [0.1, 0.15) is 64.7 Å². The summed E-state index contributed by atoms with van der Waals surface area (Å²) in [4.78, 5) is 24.8. The molecule has 0 aromatic rings. The van der Waals surface area contributed by atoms with E-state index >= 15 is 0 Å². The Labute approximate surface area is 233 Å². The van der Waals surface area contributed by atoms with E-state index < -0.39 is 65.4 Å². The van der Waals surface area contributed by atoms with Crippen molar-refractivity contribution in [2.24, 2.45) is 28.6 Å². The summed E-state index contributed by atoms with van der Waals surface area (Å²) < 4.78 is 16.7. The molecule has 0 spiro atoms. The normalized spacial score (nSPS) is 54.1. The molecule has 4 saturated carbocycles. The maximum atomic E-state index is 13.0. The molecule has 5 fully saturated rings. The predicted molar refractivity (Wildman–Crippen MR) is 136 cm³/mol. The summed E-state index contributed by atoms with van der Waals surface area (Å²) in [5, 5.41) is 64.6. The number of esters is 1. The monoisotopic (exact) mass is 566 g/mol. The van der Waals surface area contributed by atoms with Gasteiger partial charge in [-0.1, -0.05) is 6.92 Å². The first-order valence-electron chi connectivity index (χ1n) is 14.7. The van der Waals surface area contributed by atoms with Crippen LogP contribution in [0.2, 0.25) is 0 Å². The van der Waals surface area contributed by atoms with E-state index in [1.54, 1.807) is 6.08 Å². The lowest BCUT2D eigenvalue weighted by molar-refractivity contribution is -0.322. The minimum Gasteiger partial charge on any atom is -0.458 e. The minimum atomic E-state index is -1.57. The van der Waals surface area contributed by atoms with Crippen molar-refractivity contribution in [1.82, 2.24) is 0 Å². The molecule has 6 aliphatic rings. The topological polar surface area (TPSA) is 183 Å². The van der Waals surface area contributed by atoms with E-state index in [0.717, 1.165) is 18.3 Å². The molecule has 2 aliphatic heterocycles. The Morgan fingerprint density at radius 1 is 1.00 bits per heavy atom. The third kappa shape index (κ3) is 3.85. The Bertz CT molecular complexity index is 1060. The van der Waals surface area contributed by atoms with Gasteiger partial charge in [0.15, 0.2) is 6.29 Å². The van der Waals surface area contributed by atoms with Gasteiger partial charge in [0.1, 0.15) is 37.3 Å². The molecule has 0 radical (unpaired) electrons. The van der Waals surface area contributed by atoms with Gasteiger partial charge < -0.3 is 49.6 Å². The van der Waals surface area contributed by atoms with Crippen LogP contribution < -0.4 is 0 Å². The first-order chi connectivity index (χ1) is 18.9. The molecule has 11 heteroatoms. The Kier molecular flexibility index (Phi) is 7.03. The van der Waals surface area contributed by atoms with Gasteiger partial charge in [-0.2, -0.15) is 0 Å².